The summed E-state index contributed by atoms with van der Waals surface area (Å²) in [5.41, 5.74) is 0.542. The number of halogens is 2. The highest BCUT2D eigenvalue weighted by Gasteiger charge is 2.21. The average molecular weight is 284 g/mol. The lowest BCUT2D eigenvalue weighted by Gasteiger charge is -2.20. The topological polar surface area (TPSA) is 12.0 Å². The molecule has 0 radical (unpaired) electrons. The van der Waals surface area contributed by atoms with E-state index in [0.29, 0.717) is 16.8 Å². The smallest absolute Gasteiger partial charge is 0.146 e. The van der Waals surface area contributed by atoms with Crippen LogP contribution in [0.1, 0.15) is 46.0 Å². The molecule has 106 valence electrons. The number of hydrogen-bond acceptors (Lipinski definition) is 1. The van der Waals surface area contributed by atoms with Gasteiger partial charge in [-0.25, -0.2) is 4.39 Å². The summed E-state index contributed by atoms with van der Waals surface area (Å²) < 4.78 is 13.7. The third kappa shape index (κ3) is 4.10. The molecule has 19 heavy (non-hydrogen) atoms. The molecule has 1 aromatic rings. The lowest BCUT2D eigenvalue weighted by Crippen LogP contribution is -2.19. The predicted octanol–water partition coefficient (Wildman–Crippen LogP) is 5.50. The Morgan fingerprint density at radius 2 is 2.00 bits per heavy atom. The molecule has 0 aliphatic heterocycles. The Kier molecular flexibility index (Phi) is 5.09. The Bertz CT molecular complexity index is 419. The Morgan fingerprint density at radius 3 is 2.74 bits per heavy atom. The van der Waals surface area contributed by atoms with Gasteiger partial charge in [-0.3, -0.25) is 0 Å². The van der Waals surface area contributed by atoms with Gasteiger partial charge in [-0.2, -0.15) is 0 Å². The lowest BCUT2D eigenvalue weighted by atomic mass is 9.89. The molecule has 1 aliphatic rings. The molecule has 1 saturated carbocycles. The molecule has 2 rings (SSSR count). The molecule has 0 amide bonds. The Morgan fingerprint density at radius 1 is 1.21 bits per heavy atom. The number of anilines is 1. The first-order valence-corrected chi connectivity index (χ1v) is 7.65. The first-order chi connectivity index (χ1) is 9.06. The third-order valence-electron chi connectivity index (χ3n) is 4.24. The van der Waals surface area contributed by atoms with Gasteiger partial charge in [-0.1, -0.05) is 38.3 Å². The van der Waals surface area contributed by atoms with Crippen LogP contribution >= 0.6 is 11.6 Å². The molecular weight excluding hydrogens is 261 g/mol. The minimum Gasteiger partial charge on any atom is -0.380 e. The molecule has 3 heteroatoms. The van der Waals surface area contributed by atoms with E-state index < -0.39 is 0 Å². The van der Waals surface area contributed by atoms with Crippen LogP contribution in [0.3, 0.4) is 0 Å². The van der Waals surface area contributed by atoms with Gasteiger partial charge in [0, 0.05) is 11.1 Å². The first-order valence-electron chi connectivity index (χ1n) is 7.28. The monoisotopic (exact) mass is 283 g/mol. The zero-order valence-corrected chi connectivity index (χ0v) is 12.5. The van der Waals surface area contributed by atoms with E-state index in [2.05, 4.69) is 19.2 Å². The fraction of sp³-hybridized carbons (Fsp3) is 0.625. The average Bonchev–Trinajstić information content (AvgIpc) is 2.59. The largest absolute Gasteiger partial charge is 0.380 e. The summed E-state index contributed by atoms with van der Waals surface area (Å²) in [6.45, 7) is 4.60. The van der Waals surface area contributed by atoms with Gasteiger partial charge in [-0.05, 0) is 49.3 Å². The zero-order valence-electron chi connectivity index (χ0n) is 11.8. The van der Waals surface area contributed by atoms with Gasteiger partial charge >= 0.3 is 0 Å². The standard InChI is InChI=1S/C16H23ClFN/c1-11(2)12-4-3-5-14(8-6-12)19-16-10-13(17)7-9-15(16)18/h7,9-12,14,19H,3-6,8H2,1-2H3. The Hall–Kier alpha value is -0.760. The van der Waals surface area contributed by atoms with Crippen molar-refractivity contribution in [3.05, 3.63) is 29.0 Å². The van der Waals surface area contributed by atoms with Gasteiger partial charge in [0.05, 0.1) is 5.69 Å². The van der Waals surface area contributed by atoms with Gasteiger partial charge in [-0.15, -0.1) is 0 Å². The molecule has 1 N–H and O–H groups in total. The Labute approximate surface area is 120 Å². The number of rotatable bonds is 3. The molecule has 1 aliphatic carbocycles. The van der Waals surface area contributed by atoms with Crippen molar-refractivity contribution in [3.8, 4) is 0 Å². The fourth-order valence-corrected chi connectivity index (χ4v) is 3.14. The highest BCUT2D eigenvalue weighted by atomic mass is 35.5. The second-order valence-corrected chi connectivity index (χ2v) is 6.41. The van der Waals surface area contributed by atoms with Crippen LogP contribution in [-0.4, -0.2) is 6.04 Å². The minimum absolute atomic E-state index is 0.214. The number of benzene rings is 1. The first kappa shape index (κ1) is 14.6. The lowest BCUT2D eigenvalue weighted by molar-refractivity contribution is 0.341. The van der Waals surface area contributed by atoms with E-state index >= 15 is 0 Å². The van der Waals surface area contributed by atoms with E-state index in [9.17, 15) is 4.39 Å². The van der Waals surface area contributed by atoms with Crippen molar-refractivity contribution in [3.63, 3.8) is 0 Å². The normalized spacial score (nSPS) is 24.3. The minimum atomic E-state index is -0.214. The van der Waals surface area contributed by atoms with Crippen LogP contribution in [0.25, 0.3) is 0 Å². The maximum Gasteiger partial charge on any atom is 0.146 e. The molecule has 0 spiro atoms. The van der Waals surface area contributed by atoms with Crippen molar-refractivity contribution in [2.24, 2.45) is 11.8 Å². The summed E-state index contributed by atoms with van der Waals surface area (Å²) in [4.78, 5) is 0. The molecule has 0 bridgehead atoms. The van der Waals surface area contributed by atoms with Crippen molar-refractivity contribution in [1.29, 1.82) is 0 Å². The maximum atomic E-state index is 13.7. The van der Waals surface area contributed by atoms with E-state index in [1.165, 1.54) is 25.3 Å². The zero-order chi connectivity index (χ0) is 13.8. The molecule has 1 nitrogen and oxygen atoms in total. The second kappa shape index (κ2) is 6.60. The van der Waals surface area contributed by atoms with E-state index in [4.69, 9.17) is 11.6 Å². The van der Waals surface area contributed by atoms with Gasteiger partial charge in [0.25, 0.3) is 0 Å². The van der Waals surface area contributed by atoms with Gasteiger partial charge in [0.1, 0.15) is 5.82 Å². The molecule has 1 fully saturated rings. The van der Waals surface area contributed by atoms with Crippen molar-refractivity contribution in [1.82, 2.24) is 0 Å². The SMILES string of the molecule is CC(C)C1CCCC(Nc2cc(Cl)ccc2F)CC1. The van der Waals surface area contributed by atoms with E-state index in [1.807, 2.05) is 0 Å². The van der Waals surface area contributed by atoms with E-state index in [0.717, 1.165) is 24.7 Å². The molecule has 1 aromatic carbocycles. The van der Waals surface area contributed by atoms with Crippen LogP contribution in [0.4, 0.5) is 10.1 Å². The summed E-state index contributed by atoms with van der Waals surface area (Å²) in [5, 5.41) is 3.91. The van der Waals surface area contributed by atoms with Crippen LogP contribution < -0.4 is 5.32 Å². The summed E-state index contributed by atoms with van der Waals surface area (Å²) in [6, 6.07) is 5.07. The van der Waals surface area contributed by atoms with Crippen molar-refractivity contribution in [2.75, 3.05) is 5.32 Å². The summed E-state index contributed by atoms with van der Waals surface area (Å²) in [6.07, 6.45) is 6.00. The quantitative estimate of drug-likeness (QED) is 0.723. The van der Waals surface area contributed by atoms with Crippen LogP contribution in [0.5, 0.6) is 0 Å². The summed E-state index contributed by atoms with van der Waals surface area (Å²) in [5.74, 6) is 1.35. The third-order valence-corrected chi connectivity index (χ3v) is 4.48. The predicted molar refractivity (Wildman–Crippen MR) is 80.2 cm³/mol. The molecule has 0 aromatic heterocycles. The van der Waals surface area contributed by atoms with Gasteiger partial charge < -0.3 is 5.32 Å². The second-order valence-electron chi connectivity index (χ2n) is 5.98. The molecule has 2 atom stereocenters. The van der Waals surface area contributed by atoms with Crippen LogP contribution in [0.15, 0.2) is 18.2 Å². The van der Waals surface area contributed by atoms with E-state index in [1.54, 1.807) is 12.1 Å². The van der Waals surface area contributed by atoms with Crippen molar-refractivity contribution >= 4 is 17.3 Å². The van der Waals surface area contributed by atoms with Crippen LogP contribution in [-0.2, 0) is 0 Å². The van der Waals surface area contributed by atoms with Crippen LogP contribution in [0, 0.1) is 17.7 Å². The summed E-state index contributed by atoms with van der Waals surface area (Å²) >= 11 is 5.92. The highest BCUT2D eigenvalue weighted by Crippen LogP contribution is 2.31. The molecule has 2 unspecified atom stereocenters. The molecular formula is C16H23ClFN. The highest BCUT2D eigenvalue weighted by molar-refractivity contribution is 6.30. The van der Waals surface area contributed by atoms with Gasteiger partial charge in [0.2, 0.25) is 0 Å². The van der Waals surface area contributed by atoms with Crippen molar-refractivity contribution < 1.29 is 4.39 Å². The number of hydrogen-bond donors (Lipinski definition) is 1. The van der Waals surface area contributed by atoms with E-state index in [-0.39, 0.29) is 5.82 Å². The molecule has 0 saturated heterocycles. The summed E-state index contributed by atoms with van der Waals surface area (Å²) in [7, 11) is 0. The van der Waals surface area contributed by atoms with Gasteiger partial charge in [0.15, 0.2) is 0 Å². The fourth-order valence-electron chi connectivity index (χ4n) is 2.97. The Balaban J connectivity index is 1.98. The van der Waals surface area contributed by atoms with Crippen molar-refractivity contribution in [2.45, 2.75) is 52.0 Å². The number of nitrogens with one attached hydrogen (secondary N) is 1. The molecule has 0 heterocycles. The maximum absolute atomic E-state index is 13.7. The van der Waals surface area contributed by atoms with Crippen LogP contribution in [0.2, 0.25) is 5.02 Å².